The summed E-state index contributed by atoms with van der Waals surface area (Å²) in [5.74, 6) is 1.49. The Morgan fingerprint density at radius 2 is 1.82 bits per heavy atom. The van der Waals surface area contributed by atoms with Gasteiger partial charge < -0.3 is 14.1 Å². The van der Waals surface area contributed by atoms with E-state index in [1.54, 1.807) is 11.2 Å². The van der Waals surface area contributed by atoms with Gasteiger partial charge in [0.25, 0.3) is 5.91 Å². The second-order valence-electron chi connectivity index (χ2n) is 8.87. The molecule has 6 heteroatoms. The molecule has 0 radical (unpaired) electrons. The van der Waals surface area contributed by atoms with Gasteiger partial charge in [-0.3, -0.25) is 4.79 Å². The third-order valence-corrected chi connectivity index (χ3v) is 5.84. The van der Waals surface area contributed by atoms with Gasteiger partial charge in [0.1, 0.15) is 11.8 Å². The van der Waals surface area contributed by atoms with Crippen molar-refractivity contribution in [3.05, 3.63) is 89.9 Å². The van der Waals surface area contributed by atoms with Gasteiger partial charge in [-0.05, 0) is 56.5 Å². The Kier molecular flexibility index (Phi) is 7.80. The third-order valence-electron chi connectivity index (χ3n) is 5.84. The number of rotatable bonds is 10. The predicted molar refractivity (Wildman–Crippen MR) is 135 cm³/mol. The van der Waals surface area contributed by atoms with Crippen LogP contribution in [0, 0.1) is 6.92 Å². The Morgan fingerprint density at radius 3 is 2.53 bits per heavy atom. The minimum absolute atomic E-state index is 0.00368. The Bertz CT molecular complexity index is 1090. The Hall–Kier alpha value is -3.38. The molecule has 2 heterocycles. The van der Waals surface area contributed by atoms with Crippen molar-refractivity contribution in [2.75, 3.05) is 18.1 Å². The lowest BCUT2D eigenvalue weighted by Gasteiger charge is -2.30. The van der Waals surface area contributed by atoms with Crippen LogP contribution in [0.2, 0.25) is 0 Å². The van der Waals surface area contributed by atoms with E-state index in [4.69, 9.17) is 14.1 Å². The zero-order chi connectivity index (χ0) is 23.9. The molecule has 1 atom stereocenters. The summed E-state index contributed by atoms with van der Waals surface area (Å²) >= 11 is 0. The zero-order valence-electron chi connectivity index (χ0n) is 20.2. The molecule has 0 saturated carbocycles. The summed E-state index contributed by atoms with van der Waals surface area (Å²) in [6.45, 7) is 7.97. The van der Waals surface area contributed by atoms with Crippen LogP contribution in [-0.4, -0.2) is 42.1 Å². The number of nitrogens with zero attached hydrogens (tertiary/aromatic N) is 3. The van der Waals surface area contributed by atoms with Crippen LogP contribution in [0.25, 0.3) is 0 Å². The van der Waals surface area contributed by atoms with Gasteiger partial charge in [-0.2, -0.15) is 0 Å². The molecule has 1 aliphatic heterocycles. The molecule has 1 aromatic heterocycles. The summed E-state index contributed by atoms with van der Waals surface area (Å²) in [6, 6.07) is 21.4. The molecule has 4 rings (SSSR count). The molecule has 0 fully saturated rings. The van der Waals surface area contributed by atoms with E-state index >= 15 is 0 Å². The average molecular weight is 460 g/mol. The highest BCUT2D eigenvalue weighted by Gasteiger charge is 2.39. The SMILES string of the molecule is Cc1ccccc1N1C(=O)C(Cc2ccccc2)N=C1N(CCCOC(C)C)Cc1ccco1. The number of benzene rings is 2. The summed E-state index contributed by atoms with van der Waals surface area (Å²) in [4.78, 5) is 22.7. The number of aliphatic imine (C=N–C) groups is 1. The van der Waals surface area contributed by atoms with E-state index in [2.05, 4.69) is 4.90 Å². The van der Waals surface area contributed by atoms with Crippen molar-refractivity contribution in [1.29, 1.82) is 0 Å². The van der Waals surface area contributed by atoms with Crippen molar-refractivity contribution in [3.8, 4) is 0 Å². The Morgan fingerprint density at radius 1 is 1.06 bits per heavy atom. The molecule has 6 nitrogen and oxygen atoms in total. The third kappa shape index (κ3) is 5.75. The minimum atomic E-state index is -0.469. The lowest BCUT2D eigenvalue weighted by molar-refractivity contribution is -0.118. The van der Waals surface area contributed by atoms with Gasteiger partial charge in [0.05, 0.1) is 24.6 Å². The van der Waals surface area contributed by atoms with Gasteiger partial charge in [-0.1, -0.05) is 48.5 Å². The highest BCUT2D eigenvalue weighted by atomic mass is 16.5. The van der Waals surface area contributed by atoms with E-state index in [1.165, 1.54) is 0 Å². The smallest absolute Gasteiger partial charge is 0.259 e. The Balaban J connectivity index is 1.66. The van der Waals surface area contributed by atoms with E-state index in [0.29, 0.717) is 32.1 Å². The second-order valence-corrected chi connectivity index (χ2v) is 8.87. The summed E-state index contributed by atoms with van der Waals surface area (Å²) in [5, 5.41) is 0. The number of ether oxygens (including phenoxy) is 1. The summed E-state index contributed by atoms with van der Waals surface area (Å²) in [6.07, 6.45) is 3.24. The Labute approximate surface area is 201 Å². The van der Waals surface area contributed by atoms with E-state index in [0.717, 1.165) is 29.0 Å². The molecule has 1 unspecified atom stereocenters. The summed E-state index contributed by atoms with van der Waals surface area (Å²) in [5.41, 5.74) is 2.99. The van der Waals surface area contributed by atoms with Crippen LogP contribution in [0.5, 0.6) is 0 Å². The van der Waals surface area contributed by atoms with Crippen LogP contribution in [0.3, 0.4) is 0 Å². The number of hydrogen-bond acceptors (Lipinski definition) is 5. The molecular weight excluding hydrogens is 426 g/mol. The van der Waals surface area contributed by atoms with Crippen LogP contribution in [-0.2, 0) is 22.5 Å². The van der Waals surface area contributed by atoms with E-state index < -0.39 is 6.04 Å². The molecule has 0 saturated heterocycles. The fourth-order valence-electron chi connectivity index (χ4n) is 4.15. The van der Waals surface area contributed by atoms with Gasteiger partial charge >= 0.3 is 0 Å². The van der Waals surface area contributed by atoms with Gasteiger partial charge in [-0.15, -0.1) is 0 Å². The van der Waals surface area contributed by atoms with Crippen LogP contribution >= 0.6 is 0 Å². The molecule has 0 spiro atoms. The van der Waals surface area contributed by atoms with Crippen molar-refractivity contribution < 1.29 is 13.9 Å². The van der Waals surface area contributed by atoms with Gasteiger partial charge in [0.15, 0.2) is 0 Å². The first-order valence-corrected chi connectivity index (χ1v) is 11.9. The van der Waals surface area contributed by atoms with Crippen molar-refractivity contribution >= 4 is 17.6 Å². The maximum Gasteiger partial charge on any atom is 0.259 e. The first-order valence-electron chi connectivity index (χ1n) is 11.9. The molecule has 0 bridgehead atoms. The molecule has 178 valence electrons. The zero-order valence-corrected chi connectivity index (χ0v) is 20.2. The molecule has 1 aliphatic rings. The largest absolute Gasteiger partial charge is 0.467 e. The van der Waals surface area contributed by atoms with Crippen LogP contribution in [0.15, 0.2) is 82.4 Å². The number of furan rings is 1. The fourth-order valence-corrected chi connectivity index (χ4v) is 4.15. The highest BCUT2D eigenvalue weighted by Crippen LogP contribution is 2.28. The molecule has 0 aliphatic carbocycles. The fraction of sp³-hybridized carbons (Fsp3) is 0.357. The maximum absolute atomic E-state index is 13.7. The van der Waals surface area contributed by atoms with Crippen LogP contribution < -0.4 is 4.90 Å². The first-order chi connectivity index (χ1) is 16.5. The number of carbonyl (C=O) groups is 1. The summed E-state index contributed by atoms with van der Waals surface area (Å²) < 4.78 is 11.4. The minimum Gasteiger partial charge on any atom is -0.467 e. The van der Waals surface area contributed by atoms with E-state index in [9.17, 15) is 4.79 Å². The summed E-state index contributed by atoms with van der Waals surface area (Å²) in [7, 11) is 0. The number of para-hydroxylation sites is 1. The lowest BCUT2D eigenvalue weighted by Crippen LogP contribution is -2.45. The highest BCUT2D eigenvalue weighted by molar-refractivity contribution is 6.22. The lowest BCUT2D eigenvalue weighted by atomic mass is 10.1. The van der Waals surface area contributed by atoms with Crippen LogP contribution in [0.1, 0.15) is 37.2 Å². The van der Waals surface area contributed by atoms with Crippen molar-refractivity contribution in [2.45, 2.75) is 52.3 Å². The average Bonchev–Trinajstić information content (AvgIpc) is 3.45. The molecule has 2 aromatic carbocycles. The number of hydrogen-bond donors (Lipinski definition) is 0. The topological polar surface area (TPSA) is 58.3 Å². The van der Waals surface area contributed by atoms with Crippen molar-refractivity contribution in [1.82, 2.24) is 4.90 Å². The molecule has 1 amide bonds. The normalized spacial score (nSPS) is 15.8. The van der Waals surface area contributed by atoms with Crippen molar-refractivity contribution in [2.24, 2.45) is 4.99 Å². The number of carbonyl (C=O) groups excluding carboxylic acids is 1. The second kappa shape index (κ2) is 11.2. The van der Waals surface area contributed by atoms with Gasteiger partial charge in [0, 0.05) is 19.6 Å². The standard InChI is InChI=1S/C28H33N3O3/c1-21(2)33-18-10-16-30(20-24-14-9-17-34-24)28-29-25(19-23-12-5-4-6-13-23)27(32)31(28)26-15-8-7-11-22(26)3/h4-9,11-15,17,21,25H,10,16,18-20H2,1-3H3. The van der Waals surface area contributed by atoms with E-state index in [-0.39, 0.29) is 12.0 Å². The first kappa shape index (κ1) is 23.8. The quantitative estimate of drug-likeness (QED) is 0.390. The predicted octanol–water partition coefficient (Wildman–Crippen LogP) is 5.22. The molecule has 3 aromatic rings. The molecule has 34 heavy (non-hydrogen) atoms. The molecular formula is C28H33N3O3. The number of amides is 1. The number of guanidine groups is 1. The van der Waals surface area contributed by atoms with Gasteiger partial charge in [0.2, 0.25) is 5.96 Å². The maximum atomic E-state index is 13.7. The number of aryl methyl sites for hydroxylation is 1. The van der Waals surface area contributed by atoms with Crippen molar-refractivity contribution in [3.63, 3.8) is 0 Å². The molecule has 0 N–H and O–H groups in total. The number of anilines is 1. The van der Waals surface area contributed by atoms with Gasteiger partial charge in [-0.25, -0.2) is 9.89 Å². The monoisotopic (exact) mass is 459 g/mol. The van der Waals surface area contributed by atoms with E-state index in [1.807, 2.05) is 87.5 Å². The van der Waals surface area contributed by atoms with Crippen LogP contribution in [0.4, 0.5) is 5.69 Å².